The Labute approximate surface area is 140 Å². The minimum absolute atomic E-state index is 0.111. The average molecular weight is 335 g/mol. The molecule has 0 bridgehead atoms. The lowest BCUT2D eigenvalue weighted by molar-refractivity contribution is -0.886. The molecule has 2 atom stereocenters. The fraction of sp³-hybridized carbons (Fsp3) is 0.438. The molecule has 2 rings (SSSR count). The van der Waals surface area contributed by atoms with Crippen LogP contribution in [-0.4, -0.2) is 62.6 Å². The van der Waals surface area contributed by atoms with Gasteiger partial charge in [0.2, 0.25) is 0 Å². The number of quaternary nitrogens is 1. The van der Waals surface area contributed by atoms with Crippen molar-refractivity contribution in [3.05, 3.63) is 24.3 Å². The molecule has 0 saturated carbocycles. The van der Waals surface area contributed by atoms with Crippen molar-refractivity contribution in [2.45, 2.75) is 13.0 Å². The van der Waals surface area contributed by atoms with E-state index in [0.717, 1.165) is 0 Å². The van der Waals surface area contributed by atoms with Gasteiger partial charge in [0.15, 0.2) is 12.6 Å². The molecule has 24 heavy (non-hydrogen) atoms. The molecule has 1 unspecified atom stereocenters. The summed E-state index contributed by atoms with van der Waals surface area (Å²) < 4.78 is 5.11. The van der Waals surface area contributed by atoms with E-state index < -0.39 is 6.04 Å². The van der Waals surface area contributed by atoms with Gasteiger partial charge in [0.25, 0.3) is 11.8 Å². The molecule has 1 fully saturated rings. The highest BCUT2D eigenvalue weighted by molar-refractivity contribution is 5.97. The summed E-state index contributed by atoms with van der Waals surface area (Å²) in [4.78, 5) is 37.9. The maximum absolute atomic E-state index is 12.3. The molecule has 4 amide bonds. The van der Waals surface area contributed by atoms with Crippen LogP contribution >= 0.6 is 0 Å². The third-order valence-corrected chi connectivity index (χ3v) is 4.03. The SMILES string of the molecule is COc1cccc(NC(=O)C[NH+](C)[C@@H](C)C(=O)N2CCNC2=O)c1. The predicted octanol–water partition coefficient (Wildman–Crippen LogP) is -0.911. The van der Waals surface area contributed by atoms with Crippen molar-refractivity contribution in [1.82, 2.24) is 10.2 Å². The Morgan fingerprint density at radius 2 is 2.21 bits per heavy atom. The van der Waals surface area contributed by atoms with Gasteiger partial charge in [-0.3, -0.25) is 14.5 Å². The summed E-state index contributed by atoms with van der Waals surface area (Å²) >= 11 is 0. The van der Waals surface area contributed by atoms with Crippen molar-refractivity contribution < 1.29 is 24.0 Å². The zero-order chi connectivity index (χ0) is 17.7. The summed E-state index contributed by atoms with van der Waals surface area (Å²) in [6, 6.07) is 6.18. The van der Waals surface area contributed by atoms with Crippen LogP contribution in [0.4, 0.5) is 10.5 Å². The Morgan fingerprint density at radius 3 is 2.83 bits per heavy atom. The quantitative estimate of drug-likeness (QED) is 0.627. The van der Waals surface area contributed by atoms with E-state index in [9.17, 15) is 14.4 Å². The zero-order valence-corrected chi connectivity index (χ0v) is 14.1. The number of carbonyl (C=O) groups excluding carboxylic acids is 3. The van der Waals surface area contributed by atoms with E-state index in [1.54, 1.807) is 45.3 Å². The number of benzene rings is 1. The van der Waals surface area contributed by atoms with Gasteiger partial charge < -0.3 is 20.3 Å². The smallest absolute Gasteiger partial charge is 0.324 e. The maximum atomic E-state index is 12.3. The molecule has 0 aromatic heterocycles. The number of imide groups is 1. The van der Waals surface area contributed by atoms with E-state index in [-0.39, 0.29) is 24.4 Å². The molecule has 0 aliphatic carbocycles. The van der Waals surface area contributed by atoms with Gasteiger partial charge in [-0.25, -0.2) is 4.79 Å². The first kappa shape index (κ1) is 17.7. The number of urea groups is 1. The summed E-state index contributed by atoms with van der Waals surface area (Å²) in [5, 5.41) is 5.37. The van der Waals surface area contributed by atoms with E-state index in [2.05, 4.69) is 10.6 Å². The van der Waals surface area contributed by atoms with Crippen LogP contribution in [0.5, 0.6) is 5.75 Å². The Morgan fingerprint density at radius 1 is 1.46 bits per heavy atom. The molecule has 1 aliphatic rings. The number of ether oxygens (including phenoxy) is 1. The van der Waals surface area contributed by atoms with Crippen molar-refractivity contribution >= 4 is 23.5 Å². The molecule has 8 nitrogen and oxygen atoms in total. The van der Waals surface area contributed by atoms with Crippen LogP contribution in [0.25, 0.3) is 0 Å². The highest BCUT2D eigenvalue weighted by Crippen LogP contribution is 2.16. The molecule has 0 radical (unpaired) electrons. The van der Waals surface area contributed by atoms with Gasteiger partial charge in [-0.1, -0.05) is 6.07 Å². The van der Waals surface area contributed by atoms with Gasteiger partial charge in [-0.2, -0.15) is 0 Å². The number of nitrogens with one attached hydrogen (secondary N) is 3. The maximum Gasteiger partial charge on any atom is 0.324 e. The summed E-state index contributed by atoms with van der Waals surface area (Å²) in [6.45, 7) is 2.65. The van der Waals surface area contributed by atoms with Crippen molar-refractivity contribution in [3.8, 4) is 5.75 Å². The first-order valence-electron chi connectivity index (χ1n) is 7.77. The second-order valence-corrected chi connectivity index (χ2v) is 5.75. The van der Waals surface area contributed by atoms with Gasteiger partial charge in [-0.05, 0) is 19.1 Å². The first-order chi connectivity index (χ1) is 11.4. The lowest BCUT2D eigenvalue weighted by Gasteiger charge is -2.23. The number of methoxy groups -OCH3 is 1. The van der Waals surface area contributed by atoms with Crippen LogP contribution in [0.1, 0.15) is 6.92 Å². The van der Waals surface area contributed by atoms with Crippen LogP contribution in [0.15, 0.2) is 24.3 Å². The molecule has 1 aromatic carbocycles. The lowest BCUT2D eigenvalue weighted by atomic mass is 10.2. The lowest BCUT2D eigenvalue weighted by Crippen LogP contribution is -3.15. The van der Waals surface area contributed by atoms with Crippen LogP contribution in [0.3, 0.4) is 0 Å². The average Bonchev–Trinajstić information content (AvgIpc) is 2.99. The van der Waals surface area contributed by atoms with E-state index in [1.165, 1.54) is 4.90 Å². The first-order valence-corrected chi connectivity index (χ1v) is 7.77. The third-order valence-electron chi connectivity index (χ3n) is 4.03. The zero-order valence-electron chi connectivity index (χ0n) is 14.1. The second kappa shape index (κ2) is 7.78. The number of hydrogen-bond acceptors (Lipinski definition) is 4. The molecular weight excluding hydrogens is 312 g/mol. The van der Waals surface area contributed by atoms with Crippen molar-refractivity contribution in [3.63, 3.8) is 0 Å². The number of likely N-dealkylation sites (N-methyl/N-ethyl adjacent to an activating group) is 1. The van der Waals surface area contributed by atoms with Crippen LogP contribution in [0.2, 0.25) is 0 Å². The number of carbonyl (C=O) groups is 3. The Hall–Kier alpha value is -2.61. The minimum atomic E-state index is -0.495. The molecule has 3 N–H and O–H groups in total. The number of nitrogens with zero attached hydrogens (tertiary/aromatic N) is 1. The largest absolute Gasteiger partial charge is 0.497 e. The molecule has 130 valence electrons. The van der Waals surface area contributed by atoms with Gasteiger partial charge in [0.1, 0.15) is 5.75 Å². The number of hydrogen-bond donors (Lipinski definition) is 3. The molecule has 1 heterocycles. The highest BCUT2D eigenvalue weighted by atomic mass is 16.5. The normalized spacial score (nSPS) is 16.3. The van der Waals surface area contributed by atoms with E-state index >= 15 is 0 Å². The Kier molecular flexibility index (Phi) is 5.75. The second-order valence-electron chi connectivity index (χ2n) is 5.75. The van der Waals surface area contributed by atoms with E-state index in [1.807, 2.05) is 0 Å². The topological polar surface area (TPSA) is 92.2 Å². The van der Waals surface area contributed by atoms with Gasteiger partial charge >= 0.3 is 6.03 Å². The molecular formula is C16H23N4O4+. The molecule has 1 saturated heterocycles. The monoisotopic (exact) mass is 335 g/mol. The third kappa shape index (κ3) is 4.23. The number of rotatable bonds is 6. The molecule has 0 spiro atoms. The predicted molar refractivity (Wildman–Crippen MR) is 88.0 cm³/mol. The van der Waals surface area contributed by atoms with Crippen LogP contribution in [0, 0.1) is 0 Å². The number of anilines is 1. The van der Waals surface area contributed by atoms with Crippen LogP contribution < -0.4 is 20.3 Å². The van der Waals surface area contributed by atoms with E-state index in [0.29, 0.717) is 29.4 Å². The molecule has 1 aliphatic heterocycles. The number of amides is 4. The summed E-state index contributed by atoms with van der Waals surface area (Å²) in [6.07, 6.45) is 0. The van der Waals surface area contributed by atoms with Gasteiger partial charge in [-0.15, -0.1) is 0 Å². The van der Waals surface area contributed by atoms with Crippen molar-refractivity contribution in [1.29, 1.82) is 0 Å². The van der Waals surface area contributed by atoms with Gasteiger partial charge in [0, 0.05) is 24.8 Å². The summed E-state index contributed by atoms with van der Waals surface area (Å²) in [5.41, 5.74) is 0.630. The minimum Gasteiger partial charge on any atom is -0.497 e. The van der Waals surface area contributed by atoms with Gasteiger partial charge in [0.05, 0.1) is 14.2 Å². The highest BCUT2D eigenvalue weighted by Gasteiger charge is 2.34. The summed E-state index contributed by atoms with van der Waals surface area (Å²) in [5.74, 6) is 0.153. The standard InChI is InChI=1S/C16H22N4O4/c1-11(15(22)20-8-7-17-16(20)23)19(2)10-14(21)18-12-5-4-6-13(9-12)24-3/h4-6,9,11H,7-8,10H2,1-3H3,(H,17,23)(H,18,21)/p+1/t11-/m0/s1. The summed E-state index contributed by atoms with van der Waals surface area (Å²) in [7, 11) is 3.31. The fourth-order valence-electron chi connectivity index (χ4n) is 2.44. The fourth-order valence-corrected chi connectivity index (χ4v) is 2.44. The molecule has 8 heteroatoms. The van der Waals surface area contributed by atoms with E-state index in [4.69, 9.17) is 4.74 Å². The van der Waals surface area contributed by atoms with Crippen LogP contribution in [-0.2, 0) is 9.59 Å². The van der Waals surface area contributed by atoms with Crippen molar-refractivity contribution in [2.24, 2.45) is 0 Å². The molecule has 1 aromatic rings. The van der Waals surface area contributed by atoms with Crippen molar-refractivity contribution in [2.75, 3.05) is 39.1 Å². The Balaban J connectivity index is 1.90. The Bertz CT molecular complexity index is 634.